The van der Waals surface area contributed by atoms with E-state index < -0.39 is 21.7 Å². The number of nitrogens with zero attached hydrogens (tertiary/aromatic N) is 2. The minimum atomic E-state index is -3.46. The van der Waals surface area contributed by atoms with Gasteiger partial charge in [0.25, 0.3) is 5.91 Å². The van der Waals surface area contributed by atoms with Crippen LogP contribution in [-0.2, 0) is 19.4 Å². The van der Waals surface area contributed by atoms with Crippen LogP contribution in [0.25, 0.3) is 10.8 Å². The first-order valence-corrected chi connectivity index (χ1v) is 12.5. The average Bonchev–Trinajstić information content (AvgIpc) is 2.79. The average molecular weight is 501 g/mol. The predicted octanol–water partition coefficient (Wildman–Crippen LogP) is 2.22. The maximum Gasteiger partial charge on any atom is 0.254 e. The van der Waals surface area contributed by atoms with Gasteiger partial charge in [-0.1, -0.05) is 17.7 Å². The van der Waals surface area contributed by atoms with Crippen molar-refractivity contribution < 1.29 is 22.8 Å². The molecule has 9 nitrogen and oxygen atoms in total. The summed E-state index contributed by atoms with van der Waals surface area (Å²) in [6.07, 6.45) is 4.10. The Kier molecular flexibility index (Phi) is 6.28. The van der Waals surface area contributed by atoms with Crippen molar-refractivity contribution >= 4 is 55.6 Å². The van der Waals surface area contributed by atoms with Crippen LogP contribution in [0.5, 0.6) is 0 Å². The van der Waals surface area contributed by atoms with Crippen molar-refractivity contribution in [1.82, 2.24) is 15.2 Å². The van der Waals surface area contributed by atoms with Gasteiger partial charge in [0, 0.05) is 47.4 Å². The third-order valence-corrected chi connectivity index (χ3v) is 7.00. The van der Waals surface area contributed by atoms with E-state index >= 15 is 0 Å². The Hall–Kier alpha value is -3.50. The second-order valence-corrected chi connectivity index (χ2v) is 10.4. The predicted molar refractivity (Wildman–Crippen MR) is 128 cm³/mol. The van der Waals surface area contributed by atoms with Crippen LogP contribution in [-0.4, -0.2) is 62.4 Å². The molecule has 0 fully saturated rings. The molecule has 0 spiro atoms. The van der Waals surface area contributed by atoms with Crippen molar-refractivity contribution in [3.63, 3.8) is 0 Å². The van der Waals surface area contributed by atoms with E-state index in [4.69, 9.17) is 11.6 Å². The SMILES string of the molecule is CNC(=O)CN1CC(C(=O)Nc2cncc3ccc(S(C)(=O)=O)cc23)c2cc(Cl)ccc2C1=O. The zero-order chi connectivity index (χ0) is 24.6. The van der Waals surface area contributed by atoms with Crippen molar-refractivity contribution in [1.29, 1.82) is 0 Å². The lowest BCUT2D eigenvalue weighted by Gasteiger charge is -2.33. The van der Waals surface area contributed by atoms with Gasteiger partial charge in [0.15, 0.2) is 9.84 Å². The van der Waals surface area contributed by atoms with E-state index in [2.05, 4.69) is 15.6 Å². The van der Waals surface area contributed by atoms with E-state index in [1.54, 1.807) is 24.4 Å². The van der Waals surface area contributed by atoms with Gasteiger partial charge < -0.3 is 15.5 Å². The zero-order valence-corrected chi connectivity index (χ0v) is 19.9. The molecular weight excluding hydrogens is 480 g/mol. The molecule has 2 aromatic carbocycles. The quantitative estimate of drug-likeness (QED) is 0.553. The fraction of sp³-hybridized carbons (Fsp3) is 0.217. The van der Waals surface area contributed by atoms with Crippen molar-refractivity contribution in [3.8, 4) is 0 Å². The van der Waals surface area contributed by atoms with Crippen LogP contribution < -0.4 is 10.6 Å². The van der Waals surface area contributed by atoms with Crippen molar-refractivity contribution in [3.05, 3.63) is 64.9 Å². The number of sulfone groups is 1. The lowest BCUT2D eigenvalue weighted by molar-refractivity contribution is -0.122. The first-order chi connectivity index (χ1) is 16.1. The number of pyridine rings is 1. The normalized spacial score (nSPS) is 15.7. The van der Waals surface area contributed by atoms with Gasteiger partial charge in [0.2, 0.25) is 11.8 Å². The van der Waals surface area contributed by atoms with E-state index in [1.165, 1.54) is 36.3 Å². The van der Waals surface area contributed by atoms with E-state index in [0.29, 0.717) is 27.0 Å². The van der Waals surface area contributed by atoms with Crippen LogP contribution in [0.1, 0.15) is 21.8 Å². The fourth-order valence-corrected chi connectivity index (χ4v) is 4.72. The highest BCUT2D eigenvalue weighted by molar-refractivity contribution is 7.90. The van der Waals surface area contributed by atoms with Gasteiger partial charge in [-0.2, -0.15) is 0 Å². The third kappa shape index (κ3) is 4.59. The Morgan fingerprint density at radius 3 is 2.65 bits per heavy atom. The molecule has 0 saturated heterocycles. The molecule has 0 radical (unpaired) electrons. The van der Waals surface area contributed by atoms with Gasteiger partial charge in [-0.05, 0) is 35.9 Å². The highest BCUT2D eigenvalue weighted by Gasteiger charge is 2.36. The molecule has 2 N–H and O–H groups in total. The Labute approximate surface area is 201 Å². The summed E-state index contributed by atoms with van der Waals surface area (Å²) in [5.41, 5.74) is 1.06. The lowest BCUT2D eigenvalue weighted by Crippen LogP contribution is -2.47. The molecule has 1 unspecified atom stereocenters. The van der Waals surface area contributed by atoms with Gasteiger partial charge in [0.1, 0.15) is 0 Å². The van der Waals surface area contributed by atoms with E-state index in [0.717, 1.165) is 6.26 Å². The summed E-state index contributed by atoms with van der Waals surface area (Å²) in [5, 5.41) is 6.82. The third-order valence-electron chi connectivity index (χ3n) is 5.66. The van der Waals surface area contributed by atoms with Gasteiger partial charge in [0.05, 0.1) is 29.2 Å². The topological polar surface area (TPSA) is 126 Å². The molecule has 1 atom stereocenters. The molecule has 176 valence electrons. The number of hydrogen-bond donors (Lipinski definition) is 2. The number of halogens is 1. The van der Waals surface area contributed by atoms with E-state index in [1.807, 2.05) is 0 Å². The molecule has 0 saturated carbocycles. The number of carbonyl (C=O) groups excluding carboxylic acids is 3. The standard InChI is InChI=1S/C23H21ClN4O5S/c1-25-21(29)12-28-11-19(18-7-14(24)4-6-16(18)23(28)31)22(30)27-20-10-26-9-13-3-5-15(8-17(13)20)34(2,32)33/h3-10,19H,11-12H2,1-2H3,(H,25,29)(H,27,30). The number of likely N-dealkylation sites (N-methyl/N-ethyl adjacent to an activating group) is 1. The van der Waals surface area contributed by atoms with Crippen molar-refractivity contribution in [2.45, 2.75) is 10.8 Å². The Morgan fingerprint density at radius 1 is 1.18 bits per heavy atom. The largest absolute Gasteiger partial charge is 0.358 e. The number of anilines is 1. The van der Waals surface area contributed by atoms with Gasteiger partial charge in [-0.3, -0.25) is 19.4 Å². The number of aromatic nitrogens is 1. The van der Waals surface area contributed by atoms with Crippen LogP contribution in [0.2, 0.25) is 5.02 Å². The van der Waals surface area contributed by atoms with Crippen LogP contribution in [0, 0.1) is 0 Å². The van der Waals surface area contributed by atoms with E-state index in [9.17, 15) is 22.8 Å². The molecule has 1 aliphatic rings. The summed E-state index contributed by atoms with van der Waals surface area (Å²) in [4.78, 5) is 43.8. The monoisotopic (exact) mass is 500 g/mol. The summed E-state index contributed by atoms with van der Waals surface area (Å²) < 4.78 is 24.0. The number of fused-ring (bicyclic) bond motifs is 2. The lowest BCUT2D eigenvalue weighted by atomic mass is 9.88. The molecule has 0 bridgehead atoms. The fourth-order valence-electron chi connectivity index (χ4n) is 3.89. The highest BCUT2D eigenvalue weighted by Crippen LogP contribution is 2.33. The van der Waals surface area contributed by atoms with Crippen LogP contribution in [0.4, 0.5) is 5.69 Å². The maximum atomic E-state index is 13.4. The minimum Gasteiger partial charge on any atom is -0.358 e. The molecule has 4 rings (SSSR count). The van der Waals surface area contributed by atoms with Gasteiger partial charge in [-0.15, -0.1) is 0 Å². The number of rotatable bonds is 5. The smallest absolute Gasteiger partial charge is 0.254 e. The van der Waals surface area contributed by atoms with Crippen LogP contribution >= 0.6 is 11.6 Å². The summed E-state index contributed by atoms with van der Waals surface area (Å²) in [7, 11) is -2.00. The van der Waals surface area contributed by atoms with Crippen LogP contribution in [0.3, 0.4) is 0 Å². The molecule has 1 aliphatic heterocycles. The first kappa shape index (κ1) is 23.7. The number of carbonyl (C=O) groups is 3. The highest BCUT2D eigenvalue weighted by atomic mass is 35.5. The summed E-state index contributed by atoms with van der Waals surface area (Å²) >= 11 is 6.15. The minimum absolute atomic E-state index is 0.0296. The summed E-state index contributed by atoms with van der Waals surface area (Å²) in [6.45, 7) is -0.229. The number of nitrogens with one attached hydrogen (secondary N) is 2. The number of benzene rings is 2. The zero-order valence-electron chi connectivity index (χ0n) is 18.3. The molecule has 1 aromatic heterocycles. The Balaban J connectivity index is 1.73. The Bertz CT molecular complexity index is 1440. The molecule has 3 aromatic rings. The van der Waals surface area contributed by atoms with Gasteiger partial charge in [-0.25, -0.2) is 8.42 Å². The van der Waals surface area contributed by atoms with E-state index in [-0.39, 0.29) is 35.4 Å². The summed E-state index contributed by atoms with van der Waals surface area (Å²) in [5.74, 6) is -2.00. The first-order valence-electron chi connectivity index (χ1n) is 10.3. The molecule has 3 amide bonds. The second-order valence-electron chi connectivity index (χ2n) is 7.97. The number of hydrogen-bond acceptors (Lipinski definition) is 6. The van der Waals surface area contributed by atoms with Gasteiger partial charge >= 0.3 is 0 Å². The molecule has 11 heteroatoms. The molecule has 0 aliphatic carbocycles. The Morgan fingerprint density at radius 2 is 1.94 bits per heavy atom. The number of amides is 3. The second kappa shape index (κ2) is 9.03. The van der Waals surface area contributed by atoms with Crippen molar-refractivity contribution in [2.24, 2.45) is 0 Å². The van der Waals surface area contributed by atoms with Crippen molar-refractivity contribution in [2.75, 3.05) is 31.7 Å². The van der Waals surface area contributed by atoms with Crippen LogP contribution in [0.15, 0.2) is 53.7 Å². The molecular formula is C23H21ClN4O5S. The molecule has 34 heavy (non-hydrogen) atoms. The molecule has 2 heterocycles. The summed E-state index contributed by atoms with van der Waals surface area (Å²) in [6, 6.07) is 9.24. The maximum absolute atomic E-state index is 13.4.